The molecule has 0 aliphatic heterocycles. The number of carbonyl (C=O) groups is 1. The fourth-order valence-corrected chi connectivity index (χ4v) is 4.27. The van der Waals surface area contributed by atoms with Crippen LogP contribution in [0.25, 0.3) is 0 Å². The number of nitrogens with zero attached hydrogens (tertiary/aromatic N) is 1. The number of nitrogens with one attached hydrogen (secondary N) is 1. The minimum absolute atomic E-state index is 0.158. The number of para-hydroxylation sites is 1. The fourth-order valence-electron chi connectivity index (χ4n) is 3.39. The molecule has 4 rings (SSSR count). The Morgan fingerprint density at radius 2 is 1.43 bits per heavy atom. The first-order valence-corrected chi connectivity index (χ1v) is 12.6. The lowest BCUT2D eigenvalue weighted by molar-refractivity contribution is 0.102. The van der Waals surface area contributed by atoms with Crippen molar-refractivity contribution in [2.24, 2.45) is 0 Å². The number of sulfonamides is 1. The van der Waals surface area contributed by atoms with Crippen molar-refractivity contribution in [1.29, 1.82) is 0 Å². The molecule has 0 aromatic heterocycles. The van der Waals surface area contributed by atoms with Crippen molar-refractivity contribution in [1.82, 2.24) is 0 Å². The van der Waals surface area contributed by atoms with Gasteiger partial charge in [-0.2, -0.15) is 0 Å². The van der Waals surface area contributed by atoms with Crippen LogP contribution in [-0.4, -0.2) is 20.6 Å². The normalized spacial score (nSPS) is 11.0. The van der Waals surface area contributed by atoms with Crippen LogP contribution in [0.5, 0.6) is 11.5 Å². The van der Waals surface area contributed by atoms with Crippen LogP contribution in [0.4, 0.5) is 15.8 Å². The minimum Gasteiger partial charge on any atom is -0.457 e. The Bertz CT molecular complexity index is 1410. The molecular weight excluding hydrogens is 467 g/mol. The molecule has 35 heavy (non-hydrogen) atoms. The van der Waals surface area contributed by atoms with Gasteiger partial charge in [0.1, 0.15) is 17.3 Å². The van der Waals surface area contributed by atoms with E-state index in [9.17, 15) is 17.6 Å². The maximum Gasteiger partial charge on any atom is 0.255 e. The number of ether oxygens (including phenoxy) is 1. The van der Waals surface area contributed by atoms with Crippen LogP contribution in [0.15, 0.2) is 103 Å². The first kappa shape index (κ1) is 24.0. The Kier molecular flexibility index (Phi) is 7.12. The largest absolute Gasteiger partial charge is 0.457 e. The number of hydrogen-bond donors (Lipinski definition) is 1. The highest BCUT2D eigenvalue weighted by Crippen LogP contribution is 2.24. The van der Waals surface area contributed by atoms with E-state index in [1.807, 2.05) is 30.3 Å². The Labute approximate surface area is 203 Å². The van der Waals surface area contributed by atoms with Gasteiger partial charge >= 0.3 is 0 Å². The van der Waals surface area contributed by atoms with Gasteiger partial charge in [0, 0.05) is 16.8 Å². The van der Waals surface area contributed by atoms with Gasteiger partial charge in [-0.05, 0) is 66.7 Å². The molecule has 0 bridgehead atoms. The molecule has 4 aromatic rings. The van der Waals surface area contributed by atoms with Crippen LogP contribution in [0.2, 0.25) is 0 Å². The lowest BCUT2D eigenvalue weighted by atomic mass is 10.1. The van der Waals surface area contributed by atoms with Crippen molar-refractivity contribution in [3.05, 3.63) is 120 Å². The molecule has 0 heterocycles. The van der Waals surface area contributed by atoms with Gasteiger partial charge in [0.25, 0.3) is 5.91 Å². The zero-order chi connectivity index (χ0) is 24.8. The van der Waals surface area contributed by atoms with Crippen LogP contribution in [0.1, 0.15) is 15.9 Å². The van der Waals surface area contributed by atoms with Crippen molar-refractivity contribution < 1.29 is 22.3 Å². The lowest BCUT2D eigenvalue weighted by Crippen LogP contribution is -2.29. The number of anilines is 2. The van der Waals surface area contributed by atoms with Crippen molar-refractivity contribution in [3.8, 4) is 11.5 Å². The molecule has 0 saturated heterocycles. The molecule has 0 aliphatic rings. The topological polar surface area (TPSA) is 75.7 Å². The van der Waals surface area contributed by atoms with E-state index in [0.717, 1.165) is 10.6 Å². The predicted octanol–water partition coefficient (Wildman–Crippen LogP) is 5.84. The third-order valence-corrected chi connectivity index (χ3v) is 6.32. The fraction of sp³-hybridized carbons (Fsp3) is 0.0741. The summed E-state index contributed by atoms with van der Waals surface area (Å²) >= 11 is 0. The summed E-state index contributed by atoms with van der Waals surface area (Å²) < 4.78 is 45.7. The van der Waals surface area contributed by atoms with Gasteiger partial charge in [0.2, 0.25) is 10.0 Å². The van der Waals surface area contributed by atoms with E-state index in [2.05, 4.69) is 5.32 Å². The van der Waals surface area contributed by atoms with Gasteiger partial charge in [-0.25, -0.2) is 12.8 Å². The van der Waals surface area contributed by atoms with E-state index in [1.165, 1.54) is 36.4 Å². The summed E-state index contributed by atoms with van der Waals surface area (Å²) in [5.41, 5.74) is 1.50. The Balaban J connectivity index is 1.44. The first-order chi connectivity index (χ1) is 16.8. The minimum atomic E-state index is -3.69. The summed E-state index contributed by atoms with van der Waals surface area (Å²) in [6.07, 6.45) is 1.06. The van der Waals surface area contributed by atoms with E-state index < -0.39 is 15.8 Å². The van der Waals surface area contributed by atoms with Crippen LogP contribution in [0, 0.1) is 5.82 Å². The van der Waals surface area contributed by atoms with E-state index in [-0.39, 0.29) is 18.0 Å². The van der Waals surface area contributed by atoms with Gasteiger partial charge in [0.05, 0.1) is 18.5 Å². The van der Waals surface area contributed by atoms with Gasteiger partial charge in [0.15, 0.2) is 0 Å². The molecule has 0 spiro atoms. The summed E-state index contributed by atoms with van der Waals surface area (Å²) in [4.78, 5) is 12.7. The maximum absolute atomic E-state index is 14.1. The Hall–Kier alpha value is -4.17. The van der Waals surface area contributed by atoms with E-state index in [4.69, 9.17) is 4.74 Å². The molecular formula is C27H23FN2O4S. The second-order valence-electron chi connectivity index (χ2n) is 7.80. The highest BCUT2D eigenvalue weighted by atomic mass is 32.2. The zero-order valence-corrected chi connectivity index (χ0v) is 19.7. The molecule has 178 valence electrons. The third kappa shape index (κ3) is 6.24. The van der Waals surface area contributed by atoms with E-state index in [1.54, 1.807) is 36.4 Å². The average molecular weight is 491 g/mol. The van der Waals surface area contributed by atoms with Crippen LogP contribution in [0.3, 0.4) is 0 Å². The first-order valence-electron chi connectivity index (χ1n) is 10.7. The summed E-state index contributed by atoms with van der Waals surface area (Å²) in [6, 6.07) is 28.4. The Morgan fingerprint density at radius 3 is 2.06 bits per heavy atom. The molecule has 0 radical (unpaired) electrons. The summed E-state index contributed by atoms with van der Waals surface area (Å²) in [5.74, 6) is 0.502. The van der Waals surface area contributed by atoms with Gasteiger partial charge in [-0.3, -0.25) is 9.10 Å². The standard InChI is InChI=1S/C27H23FN2O4S/c1-35(32,33)30(19-21-7-5-6-10-26(21)28)23-15-11-20(12-16-23)27(31)29-22-13-17-25(18-14-22)34-24-8-3-2-4-9-24/h2-18H,19H2,1H3,(H,29,31). The number of benzene rings is 4. The second-order valence-corrected chi connectivity index (χ2v) is 9.71. The van der Waals surface area contributed by atoms with Crippen molar-refractivity contribution in [3.63, 3.8) is 0 Å². The summed E-state index contributed by atoms with van der Waals surface area (Å²) in [5, 5.41) is 2.80. The molecule has 6 nitrogen and oxygen atoms in total. The van der Waals surface area contributed by atoms with Crippen molar-refractivity contribution in [2.75, 3.05) is 15.9 Å². The molecule has 0 saturated carbocycles. The van der Waals surface area contributed by atoms with Crippen LogP contribution in [-0.2, 0) is 16.6 Å². The maximum atomic E-state index is 14.1. The van der Waals surface area contributed by atoms with E-state index >= 15 is 0 Å². The van der Waals surface area contributed by atoms with Gasteiger partial charge in [-0.1, -0.05) is 36.4 Å². The number of amides is 1. The molecule has 0 unspecified atom stereocenters. The van der Waals surface area contributed by atoms with E-state index in [0.29, 0.717) is 28.4 Å². The zero-order valence-electron chi connectivity index (χ0n) is 18.9. The highest BCUT2D eigenvalue weighted by Gasteiger charge is 2.20. The smallest absolute Gasteiger partial charge is 0.255 e. The third-order valence-electron chi connectivity index (χ3n) is 5.18. The monoisotopic (exact) mass is 490 g/mol. The van der Waals surface area contributed by atoms with Crippen molar-refractivity contribution >= 4 is 27.3 Å². The highest BCUT2D eigenvalue weighted by molar-refractivity contribution is 7.92. The van der Waals surface area contributed by atoms with Gasteiger partial charge < -0.3 is 10.1 Å². The number of carbonyl (C=O) groups excluding carboxylic acids is 1. The van der Waals surface area contributed by atoms with Crippen LogP contribution < -0.4 is 14.4 Å². The SMILES string of the molecule is CS(=O)(=O)N(Cc1ccccc1F)c1ccc(C(=O)Nc2ccc(Oc3ccccc3)cc2)cc1. The van der Waals surface area contributed by atoms with Gasteiger partial charge in [-0.15, -0.1) is 0 Å². The quantitative estimate of drug-likeness (QED) is 0.337. The molecule has 1 amide bonds. The Morgan fingerprint density at radius 1 is 0.829 bits per heavy atom. The number of rotatable bonds is 8. The molecule has 1 N–H and O–H groups in total. The molecule has 4 aromatic carbocycles. The second kappa shape index (κ2) is 10.4. The number of halogens is 1. The lowest BCUT2D eigenvalue weighted by Gasteiger charge is -2.23. The molecule has 0 atom stereocenters. The molecule has 0 aliphatic carbocycles. The predicted molar refractivity (Wildman–Crippen MR) is 135 cm³/mol. The van der Waals surface area contributed by atoms with Crippen molar-refractivity contribution in [2.45, 2.75) is 6.54 Å². The summed E-state index contributed by atoms with van der Waals surface area (Å²) in [7, 11) is -3.69. The average Bonchev–Trinajstić information content (AvgIpc) is 2.85. The van der Waals surface area contributed by atoms with Crippen LogP contribution >= 0.6 is 0 Å². The molecule has 8 heteroatoms. The summed E-state index contributed by atoms with van der Waals surface area (Å²) in [6.45, 7) is -0.158. The number of hydrogen-bond acceptors (Lipinski definition) is 4. The molecule has 0 fully saturated rings.